The van der Waals surface area contributed by atoms with E-state index in [4.69, 9.17) is 9.47 Å². The van der Waals surface area contributed by atoms with E-state index in [2.05, 4.69) is 10.2 Å². The fourth-order valence-corrected chi connectivity index (χ4v) is 2.19. The van der Waals surface area contributed by atoms with Gasteiger partial charge in [-0.1, -0.05) is 0 Å². The minimum absolute atomic E-state index is 0.0476. The lowest BCUT2D eigenvalue weighted by Crippen LogP contribution is -2.69. The lowest BCUT2D eigenvalue weighted by Gasteiger charge is -2.53. The largest absolute Gasteiger partial charge is 0.385 e. The quantitative estimate of drug-likeness (QED) is 0.601. The highest BCUT2D eigenvalue weighted by Crippen LogP contribution is 2.30. The van der Waals surface area contributed by atoms with E-state index in [0.29, 0.717) is 0 Å². The summed E-state index contributed by atoms with van der Waals surface area (Å²) in [7, 11) is 1.75. The molecule has 1 spiro atoms. The highest BCUT2D eigenvalue weighted by molar-refractivity contribution is 4.98. The van der Waals surface area contributed by atoms with Crippen LogP contribution >= 0.6 is 0 Å². The van der Waals surface area contributed by atoms with Crippen molar-refractivity contribution in [3.63, 3.8) is 0 Å². The minimum Gasteiger partial charge on any atom is -0.385 e. The third-order valence-corrected chi connectivity index (χ3v) is 3.12. The van der Waals surface area contributed by atoms with Gasteiger partial charge in [0.1, 0.15) is 5.66 Å². The number of rotatable bonds is 4. The molecule has 4 nitrogen and oxygen atoms in total. The summed E-state index contributed by atoms with van der Waals surface area (Å²) in [6, 6.07) is 0. The molecular weight excluding hydrogens is 180 g/mol. The fraction of sp³-hybridized carbons (Fsp3) is 1.00. The van der Waals surface area contributed by atoms with Crippen molar-refractivity contribution in [2.24, 2.45) is 0 Å². The molecule has 0 bridgehead atoms. The average Bonchev–Trinajstić information content (AvgIpc) is 2.24. The normalized spacial score (nSPS) is 33.2. The van der Waals surface area contributed by atoms with Gasteiger partial charge in [-0.3, -0.25) is 4.90 Å². The molecular formula is C10H19N2O2. The van der Waals surface area contributed by atoms with Crippen LogP contribution in [0.5, 0.6) is 0 Å². The van der Waals surface area contributed by atoms with Crippen LogP contribution in [-0.4, -0.2) is 57.1 Å². The van der Waals surface area contributed by atoms with Crippen molar-refractivity contribution in [3.8, 4) is 0 Å². The first-order valence-corrected chi connectivity index (χ1v) is 5.38. The van der Waals surface area contributed by atoms with Gasteiger partial charge in [0.2, 0.25) is 0 Å². The van der Waals surface area contributed by atoms with Gasteiger partial charge in [0.05, 0.1) is 13.2 Å². The highest BCUT2D eigenvalue weighted by atomic mass is 16.5. The van der Waals surface area contributed by atoms with Crippen LogP contribution in [0.4, 0.5) is 0 Å². The summed E-state index contributed by atoms with van der Waals surface area (Å²) < 4.78 is 10.5. The van der Waals surface area contributed by atoms with Gasteiger partial charge in [0, 0.05) is 33.4 Å². The number of likely N-dealkylation sites (tertiary alicyclic amines) is 1. The maximum absolute atomic E-state index is 5.50. The van der Waals surface area contributed by atoms with E-state index in [9.17, 15) is 0 Å². The van der Waals surface area contributed by atoms with E-state index in [-0.39, 0.29) is 5.66 Å². The Morgan fingerprint density at radius 3 is 3.07 bits per heavy atom. The Hall–Kier alpha value is -0.160. The second-order valence-corrected chi connectivity index (χ2v) is 4.00. The Morgan fingerprint density at radius 2 is 2.50 bits per heavy atom. The van der Waals surface area contributed by atoms with Crippen molar-refractivity contribution in [1.82, 2.24) is 10.2 Å². The molecule has 81 valence electrons. The van der Waals surface area contributed by atoms with Crippen LogP contribution in [0.2, 0.25) is 0 Å². The Kier molecular flexibility index (Phi) is 3.38. The molecule has 0 aromatic heterocycles. The lowest BCUT2D eigenvalue weighted by atomic mass is 9.93. The summed E-state index contributed by atoms with van der Waals surface area (Å²) in [6.07, 6.45) is 2.26. The summed E-state index contributed by atoms with van der Waals surface area (Å²) in [6.45, 7) is 5.54. The van der Waals surface area contributed by atoms with Gasteiger partial charge in [0.25, 0.3) is 0 Å². The molecule has 0 amide bonds. The van der Waals surface area contributed by atoms with Crippen LogP contribution in [0, 0.1) is 0 Å². The molecule has 2 heterocycles. The van der Waals surface area contributed by atoms with Crippen LogP contribution < -0.4 is 5.32 Å². The number of nitrogens with zero attached hydrogens (tertiary/aromatic N) is 2. The van der Waals surface area contributed by atoms with E-state index < -0.39 is 0 Å². The first-order chi connectivity index (χ1) is 6.87. The van der Waals surface area contributed by atoms with Gasteiger partial charge >= 0.3 is 0 Å². The fourth-order valence-electron chi connectivity index (χ4n) is 2.19. The summed E-state index contributed by atoms with van der Waals surface area (Å²) in [5.41, 5.74) is 0.0476. The SMILES string of the molecule is COCCCN1CCC12COCC[N]2. The molecule has 0 N–H and O–H groups in total. The molecule has 1 radical (unpaired) electrons. The maximum Gasteiger partial charge on any atom is 0.112 e. The predicted molar refractivity (Wildman–Crippen MR) is 53.2 cm³/mol. The van der Waals surface area contributed by atoms with E-state index in [1.54, 1.807) is 7.11 Å². The van der Waals surface area contributed by atoms with Gasteiger partial charge in [-0.25, -0.2) is 5.32 Å². The zero-order chi connectivity index (χ0) is 9.86. The number of morpholine rings is 1. The van der Waals surface area contributed by atoms with Crippen molar-refractivity contribution >= 4 is 0 Å². The summed E-state index contributed by atoms with van der Waals surface area (Å²) in [5.74, 6) is 0. The molecule has 4 heteroatoms. The van der Waals surface area contributed by atoms with E-state index in [1.807, 2.05) is 0 Å². The third-order valence-electron chi connectivity index (χ3n) is 3.12. The van der Waals surface area contributed by atoms with Gasteiger partial charge in [-0.15, -0.1) is 0 Å². The average molecular weight is 199 g/mol. The van der Waals surface area contributed by atoms with Crippen LogP contribution in [-0.2, 0) is 9.47 Å². The van der Waals surface area contributed by atoms with E-state index in [1.165, 1.54) is 6.42 Å². The number of ether oxygens (including phenoxy) is 2. The zero-order valence-electron chi connectivity index (χ0n) is 8.87. The van der Waals surface area contributed by atoms with E-state index >= 15 is 0 Å². The molecule has 2 rings (SSSR count). The van der Waals surface area contributed by atoms with Crippen LogP contribution in [0.1, 0.15) is 12.8 Å². The van der Waals surface area contributed by atoms with Gasteiger partial charge in [-0.2, -0.15) is 0 Å². The first-order valence-electron chi connectivity index (χ1n) is 5.38. The van der Waals surface area contributed by atoms with Crippen molar-refractivity contribution in [1.29, 1.82) is 0 Å². The molecule has 0 aromatic rings. The second kappa shape index (κ2) is 4.57. The van der Waals surface area contributed by atoms with Gasteiger partial charge < -0.3 is 9.47 Å². The zero-order valence-corrected chi connectivity index (χ0v) is 8.87. The molecule has 2 aliphatic heterocycles. The molecule has 2 fully saturated rings. The molecule has 2 aliphatic rings. The lowest BCUT2D eigenvalue weighted by molar-refractivity contribution is -0.127. The van der Waals surface area contributed by atoms with Gasteiger partial charge in [-0.05, 0) is 12.8 Å². The summed E-state index contributed by atoms with van der Waals surface area (Å²) in [4.78, 5) is 2.42. The molecule has 2 saturated heterocycles. The highest BCUT2D eigenvalue weighted by Gasteiger charge is 2.46. The predicted octanol–water partition coefficient (Wildman–Crippen LogP) is 0.0595. The number of hydrogen-bond acceptors (Lipinski definition) is 3. The monoisotopic (exact) mass is 199 g/mol. The van der Waals surface area contributed by atoms with Crippen molar-refractivity contribution in [2.45, 2.75) is 18.5 Å². The van der Waals surface area contributed by atoms with Crippen LogP contribution in [0.3, 0.4) is 0 Å². The minimum atomic E-state index is 0.0476. The van der Waals surface area contributed by atoms with Gasteiger partial charge in [0.15, 0.2) is 0 Å². The Balaban J connectivity index is 1.76. The molecule has 0 saturated carbocycles. The number of methoxy groups -OCH3 is 1. The molecule has 1 unspecified atom stereocenters. The Labute approximate surface area is 85.5 Å². The summed E-state index contributed by atoms with van der Waals surface area (Å²) >= 11 is 0. The van der Waals surface area contributed by atoms with Crippen LogP contribution in [0.15, 0.2) is 0 Å². The standard InChI is InChI=1S/C10H19N2O2/c1-13-7-2-5-12-6-3-10(12)9-14-8-4-11-10/h2-9H2,1H3. The first kappa shape index (κ1) is 10.4. The van der Waals surface area contributed by atoms with Crippen molar-refractivity contribution in [3.05, 3.63) is 0 Å². The Morgan fingerprint density at radius 1 is 1.57 bits per heavy atom. The van der Waals surface area contributed by atoms with Crippen LogP contribution in [0.25, 0.3) is 0 Å². The molecule has 14 heavy (non-hydrogen) atoms. The molecule has 1 atom stereocenters. The third kappa shape index (κ3) is 1.93. The maximum atomic E-state index is 5.50. The number of hydrogen-bond donors (Lipinski definition) is 0. The molecule has 0 aliphatic carbocycles. The van der Waals surface area contributed by atoms with E-state index in [0.717, 1.165) is 45.9 Å². The summed E-state index contributed by atoms with van der Waals surface area (Å²) in [5, 5.41) is 4.69. The Bertz CT molecular complexity index is 181. The smallest absolute Gasteiger partial charge is 0.112 e. The molecule has 0 aromatic carbocycles. The second-order valence-electron chi connectivity index (χ2n) is 4.00. The van der Waals surface area contributed by atoms with Crippen molar-refractivity contribution < 1.29 is 9.47 Å². The van der Waals surface area contributed by atoms with Crippen molar-refractivity contribution in [2.75, 3.05) is 46.6 Å². The topological polar surface area (TPSA) is 35.8 Å².